The summed E-state index contributed by atoms with van der Waals surface area (Å²) in [7, 11) is 0. The molecule has 0 aliphatic carbocycles. The Bertz CT molecular complexity index is 976. The lowest BCUT2D eigenvalue weighted by atomic mass is 10.1. The summed E-state index contributed by atoms with van der Waals surface area (Å²) in [5, 5.41) is 2.02. The third-order valence-corrected chi connectivity index (χ3v) is 3.48. The van der Waals surface area contributed by atoms with Crippen molar-refractivity contribution in [3.05, 3.63) is 71.4 Å². The number of rotatable bonds is 1. The third kappa shape index (κ3) is 1.48. The number of aromatic nitrogens is 3. The highest BCUT2D eigenvalue weighted by Gasteiger charge is 2.10. The third-order valence-electron chi connectivity index (χ3n) is 3.48. The number of nitrogens with one attached hydrogen (secondary N) is 1. The Hall–Kier alpha value is -2.88. The average Bonchev–Trinajstić information content (AvgIpc) is 2.82. The van der Waals surface area contributed by atoms with Crippen molar-refractivity contribution < 1.29 is 0 Å². The quantitative estimate of drug-likeness (QED) is 0.572. The van der Waals surface area contributed by atoms with Gasteiger partial charge in [0.05, 0.1) is 22.9 Å². The molecule has 4 heteroatoms. The molecule has 0 radical (unpaired) electrons. The summed E-state index contributed by atoms with van der Waals surface area (Å²) in [4.78, 5) is 19.4. The summed E-state index contributed by atoms with van der Waals surface area (Å²) in [5.41, 5.74) is 2.33. The van der Waals surface area contributed by atoms with Crippen LogP contribution in [0.4, 0.5) is 0 Å². The molecule has 2 aromatic heterocycles. The predicted molar refractivity (Wildman–Crippen MR) is 79.2 cm³/mol. The minimum absolute atomic E-state index is 0.149. The van der Waals surface area contributed by atoms with E-state index in [4.69, 9.17) is 0 Å². The van der Waals surface area contributed by atoms with Crippen LogP contribution in [0.2, 0.25) is 0 Å². The Balaban J connectivity index is 2.17. The molecule has 0 unspecified atom stereocenters. The fourth-order valence-electron chi connectivity index (χ4n) is 2.57. The lowest BCUT2D eigenvalue weighted by Gasteiger charge is -2.07. The van der Waals surface area contributed by atoms with Gasteiger partial charge in [0.1, 0.15) is 0 Å². The van der Waals surface area contributed by atoms with E-state index in [-0.39, 0.29) is 5.69 Å². The molecule has 2 heterocycles. The Morgan fingerprint density at radius 3 is 2.70 bits per heavy atom. The number of H-pyrrole nitrogens is 1. The molecule has 1 N–H and O–H groups in total. The summed E-state index contributed by atoms with van der Waals surface area (Å²) in [6, 6.07) is 15.6. The van der Waals surface area contributed by atoms with E-state index in [1.54, 1.807) is 17.0 Å². The van der Waals surface area contributed by atoms with Gasteiger partial charge < -0.3 is 4.98 Å². The molecule has 4 aromatic rings. The number of hydrogen-bond donors (Lipinski definition) is 1. The molecule has 4 rings (SSSR count). The van der Waals surface area contributed by atoms with Crippen molar-refractivity contribution in [2.45, 2.75) is 0 Å². The molecule has 96 valence electrons. The van der Waals surface area contributed by atoms with Crippen molar-refractivity contribution in [3.63, 3.8) is 0 Å². The van der Waals surface area contributed by atoms with Crippen molar-refractivity contribution in [2.24, 2.45) is 0 Å². The largest absolute Gasteiger partial charge is 0.331 e. The minimum Gasteiger partial charge on any atom is -0.305 e. The maximum absolute atomic E-state index is 12.3. The van der Waals surface area contributed by atoms with Crippen LogP contribution in [0.5, 0.6) is 0 Å². The van der Waals surface area contributed by atoms with Gasteiger partial charge in [-0.05, 0) is 12.1 Å². The van der Waals surface area contributed by atoms with E-state index in [0.29, 0.717) is 0 Å². The summed E-state index contributed by atoms with van der Waals surface area (Å²) in [6.07, 6.45) is 3.53. The first kappa shape index (κ1) is 11.0. The van der Waals surface area contributed by atoms with Gasteiger partial charge in [-0.25, -0.2) is 4.79 Å². The standard InChI is InChI=1S/C16H11N3O/c20-16-18-13-7-3-4-8-14(13)19(16)15-10-17-9-11-5-1-2-6-12(11)15/h1-10H,(H,18,20). The van der Waals surface area contributed by atoms with Crippen LogP contribution in [0.25, 0.3) is 27.5 Å². The Morgan fingerprint density at radius 2 is 1.75 bits per heavy atom. The summed E-state index contributed by atoms with van der Waals surface area (Å²) in [6.45, 7) is 0. The van der Waals surface area contributed by atoms with E-state index in [0.717, 1.165) is 27.5 Å². The van der Waals surface area contributed by atoms with Crippen molar-refractivity contribution in [3.8, 4) is 5.69 Å². The molecule has 2 aromatic carbocycles. The number of aromatic amines is 1. The van der Waals surface area contributed by atoms with Gasteiger partial charge in [-0.2, -0.15) is 0 Å². The SMILES string of the molecule is O=c1[nH]c2ccccc2n1-c1cncc2ccccc12. The Kier molecular flexibility index (Phi) is 2.23. The zero-order valence-electron chi connectivity index (χ0n) is 10.6. The lowest BCUT2D eigenvalue weighted by Crippen LogP contribution is -2.15. The van der Waals surface area contributed by atoms with Crippen LogP contribution in [0.1, 0.15) is 0 Å². The van der Waals surface area contributed by atoms with Gasteiger partial charge in [-0.3, -0.25) is 9.55 Å². The number of benzene rings is 2. The molecular formula is C16H11N3O. The first-order valence-electron chi connectivity index (χ1n) is 6.37. The molecule has 0 saturated heterocycles. The van der Waals surface area contributed by atoms with Gasteiger partial charge in [0, 0.05) is 17.0 Å². The van der Waals surface area contributed by atoms with Gasteiger partial charge in [0.15, 0.2) is 0 Å². The molecule has 0 spiro atoms. The molecule has 0 amide bonds. The number of para-hydroxylation sites is 2. The second kappa shape index (κ2) is 4.06. The first-order valence-corrected chi connectivity index (χ1v) is 6.37. The maximum atomic E-state index is 12.3. The van der Waals surface area contributed by atoms with Gasteiger partial charge in [0.25, 0.3) is 0 Å². The van der Waals surface area contributed by atoms with E-state index >= 15 is 0 Å². The summed E-state index contributed by atoms with van der Waals surface area (Å²) >= 11 is 0. The molecule has 0 aliphatic rings. The van der Waals surface area contributed by atoms with Crippen molar-refractivity contribution in [1.29, 1.82) is 0 Å². The molecule has 0 bridgehead atoms. The highest BCUT2D eigenvalue weighted by Crippen LogP contribution is 2.22. The number of pyridine rings is 1. The lowest BCUT2D eigenvalue weighted by molar-refractivity contribution is 1.01. The number of hydrogen-bond acceptors (Lipinski definition) is 2. The molecule has 0 saturated carbocycles. The number of nitrogens with zero attached hydrogens (tertiary/aromatic N) is 2. The van der Waals surface area contributed by atoms with Crippen LogP contribution in [0.3, 0.4) is 0 Å². The van der Waals surface area contributed by atoms with E-state index in [2.05, 4.69) is 9.97 Å². The molecule has 0 atom stereocenters. The van der Waals surface area contributed by atoms with Crippen LogP contribution < -0.4 is 5.69 Å². The zero-order chi connectivity index (χ0) is 13.5. The molecule has 0 fully saturated rings. The Labute approximate surface area is 114 Å². The summed E-state index contributed by atoms with van der Waals surface area (Å²) in [5.74, 6) is 0. The van der Waals surface area contributed by atoms with Crippen LogP contribution in [0.15, 0.2) is 65.7 Å². The van der Waals surface area contributed by atoms with E-state index < -0.39 is 0 Å². The van der Waals surface area contributed by atoms with Crippen molar-refractivity contribution in [2.75, 3.05) is 0 Å². The molecule has 20 heavy (non-hydrogen) atoms. The van der Waals surface area contributed by atoms with Crippen LogP contribution in [-0.4, -0.2) is 14.5 Å². The smallest absolute Gasteiger partial charge is 0.305 e. The first-order chi connectivity index (χ1) is 9.84. The predicted octanol–water partition coefficient (Wildman–Crippen LogP) is 2.87. The van der Waals surface area contributed by atoms with Gasteiger partial charge in [-0.1, -0.05) is 36.4 Å². The molecule has 4 nitrogen and oxygen atoms in total. The highest BCUT2D eigenvalue weighted by molar-refractivity contribution is 5.91. The fraction of sp³-hybridized carbons (Fsp3) is 0. The monoisotopic (exact) mass is 261 g/mol. The average molecular weight is 261 g/mol. The summed E-state index contributed by atoms with van der Waals surface area (Å²) < 4.78 is 1.67. The van der Waals surface area contributed by atoms with Crippen LogP contribution in [-0.2, 0) is 0 Å². The van der Waals surface area contributed by atoms with E-state index in [9.17, 15) is 4.79 Å². The topological polar surface area (TPSA) is 50.7 Å². The molecular weight excluding hydrogens is 250 g/mol. The van der Waals surface area contributed by atoms with Gasteiger partial charge in [-0.15, -0.1) is 0 Å². The van der Waals surface area contributed by atoms with E-state index in [1.807, 2.05) is 48.5 Å². The van der Waals surface area contributed by atoms with Crippen molar-refractivity contribution in [1.82, 2.24) is 14.5 Å². The number of imidazole rings is 1. The second-order valence-corrected chi connectivity index (χ2v) is 4.66. The normalized spacial score (nSPS) is 11.2. The van der Waals surface area contributed by atoms with Gasteiger partial charge >= 0.3 is 5.69 Å². The molecule has 0 aliphatic heterocycles. The highest BCUT2D eigenvalue weighted by atomic mass is 16.1. The Morgan fingerprint density at radius 1 is 0.950 bits per heavy atom. The number of fused-ring (bicyclic) bond motifs is 2. The van der Waals surface area contributed by atoms with Crippen LogP contribution >= 0.6 is 0 Å². The van der Waals surface area contributed by atoms with Crippen molar-refractivity contribution >= 4 is 21.8 Å². The van der Waals surface area contributed by atoms with Crippen LogP contribution in [0, 0.1) is 0 Å². The fourth-order valence-corrected chi connectivity index (χ4v) is 2.57. The zero-order valence-corrected chi connectivity index (χ0v) is 10.6. The second-order valence-electron chi connectivity index (χ2n) is 4.66. The maximum Gasteiger partial charge on any atom is 0.331 e. The van der Waals surface area contributed by atoms with Gasteiger partial charge in [0.2, 0.25) is 0 Å². The minimum atomic E-state index is -0.149. The van der Waals surface area contributed by atoms with E-state index in [1.165, 1.54) is 0 Å².